The Labute approximate surface area is 97.4 Å². The molecular formula is C12H10ClFS. The number of hydrogen-bond donors (Lipinski definition) is 0. The molecule has 0 spiro atoms. The second kappa shape index (κ2) is 4.33. The van der Waals surface area contributed by atoms with Crippen molar-refractivity contribution in [3.63, 3.8) is 0 Å². The minimum atomic E-state index is -0.190. The summed E-state index contributed by atoms with van der Waals surface area (Å²) in [7, 11) is 0. The van der Waals surface area contributed by atoms with Crippen molar-refractivity contribution in [3.05, 3.63) is 51.0 Å². The van der Waals surface area contributed by atoms with Crippen molar-refractivity contribution >= 4 is 28.5 Å². The maximum absolute atomic E-state index is 12.9. The number of hydrogen-bond acceptors (Lipinski definition) is 1. The Hall–Kier alpha value is -0.860. The van der Waals surface area contributed by atoms with E-state index in [4.69, 9.17) is 11.6 Å². The van der Waals surface area contributed by atoms with Gasteiger partial charge >= 0.3 is 0 Å². The Morgan fingerprint density at radius 3 is 2.80 bits per heavy atom. The normalized spacial score (nSPS) is 15.9. The van der Waals surface area contributed by atoms with Gasteiger partial charge in [-0.05, 0) is 37.1 Å². The second-order valence-corrected chi connectivity index (χ2v) is 5.22. The van der Waals surface area contributed by atoms with E-state index in [1.807, 2.05) is 19.1 Å². The molecule has 0 aromatic carbocycles. The molecule has 1 aliphatic rings. The van der Waals surface area contributed by atoms with E-state index in [0.717, 1.165) is 15.5 Å². The van der Waals surface area contributed by atoms with Gasteiger partial charge in [0, 0.05) is 10.4 Å². The molecule has 78 valence electrons. The standard InChI is InChI=1S/C12H10ClFS/c1-8-7-11(12(13)15-8)9-3-2-4-10(14)6-5-9/h3-7H,2H2,1H3. The first-order valence-electron chi connectivity index (χ1n) is 4.67. The predicted molar refractivity (Wildman–Crippen MR) is 65.0 cm³/mol. The van der Waals surface area contributed by atoms with Gasteiger partial charge in [0.05, 0.1) is 0 Å². The van der Waals surface area contributed by atoms with Crippen LogP contribution in [0.15, 0.2) is 36.2 Å². The quantitative estimate of drug-likeness (QED) is 0.655. The minimum absolute atomic E-state index is 0.190. The number of aryl methyl sites for hydroxylation is 1. The first-order chi connectivity index (χ1) is 7.16. The predicted octanol–water partition coefficient (Wildman–Crippen LogP) is 4.91. The molecule has 0 N–H and O–H groups in total. The Balaban J connectivity index is 2.37. The van der Waals surface area contributed by atoms with E-state index in [1.165, 1.54) is 11.0 Å². The average molecular weight is 241 g/mol. The maximum Gasteiger partial charge on any atom is 0.119 e. The first-order valence-corrected chi connectivity index (χ1v) is 5.86. The summed E-state index contributed by atoms with van der Waals surface area (Å²) in [5.41, 5.74) is 1.99. The molecule has 0 fully saturated rings. The van der Waals surface area contributed by atoms with Crippen LogP contribution in [-0.2, 0) is 0 Å². The number of thiophene rings is 1. The zero-order valence-electron chi connectivity index (χ0n) is 8.26. The summed E-state index contributed by atoms with van der Waals surface area (Å²) in [4.78, 5) is 1.17. The van der Waals surface area contributed by atoms with Crippen molar-refractivity contribution in [1.82, 2.24) is 0 Å². The van der Waals surface area contributed by atoms with Gasteiger partial charge in [-0.25, -0.2) is 4.39 Å². The average Bonchev–Trinajstić information content (AvgIpc) is 2.39. The first kappa shape index (κ1) is 10.7. The SMILES string of the molecule is Cc1cc(C2=CCC=C(F)C=C2)c(Cl)s1. The van der Waals surface area contributed by atoms with Crippen LogP contribution >= 0.6 is 22.9 Å². The summed E-state index contributed by atoms with van der Waals surface area (Å²) in [6.07, 6.45) is 7.39. The Morgan fingerprint density at radius 1 is 1.33 bits per heavy atom. The van der Waals surface area contributed by atoms with Gasteiger partial charge in [0.25, 0.3) is 0 Å². The van der Waals surface area contributed by atoms with Crippen LogP contribution in [0.4, 0.5) is 4.39 Å². The molecule has 0 radical (unpaired) electrons. The zero-order chi connectivity index (χ0) is 10.8. The molecule has 0 saturated carbocycles. The highest BCUT2D eigenvalue weighted by Crippen LogP contribution is 2.34. The highest BCUT2D eigenvalue weighted by molar-refractivity contribution is 7.16. The van der Waals surface area contributed by atoms with E-state index in [2.05, 4.69) is 0 Å². The Kier molecular flexibility index (Phi) is 3.08. The van der Waals surface area contributed by atoms with Crippen LogP contribution in [-0.4, -0.2) is 0 Å². The molecule has 0 nitrogen and oxygen atoms in total. The molecule has 3 heteroatoms. The lowest BCUT2D eigenvalue weighted by molar-refractivity contribution is 0.663. The van der Waals surface area contributed by atoms with Crippen LogP contribution in [0.3, 0.4) is 0 Å². The summed E-state index contributed by atoms with van der Waals surface area (Å²) in [5, 5.41) is 0. The Bertz CT molecular complexity index is 466. The fourth-order valence-electron chi connectivity index (χ4n) is 1.49. The van der Waals surface area contributed by atoms with Crippen LogP contribution in [0.2, 0.25) is 4.34 Å². The van der Waals surface area contributed by atoms with Gasteiger partial charge in [-0.2, -0.15) is 0 Å². The van der Waals surface area contributed by atoms with Crippen molar-refractivity contribution in [2.24, 2.45) is 0 Å². The van der Waals surface area contributed by atoms with E-state index in [1.54, 1.807) is 23.5 Å². The van der Waals surface area contributed by atoms with E-state index in [-0.39, 0.29) is 5.83 Å². The maximum atomic E-state index is 12.9. The molecule has 0 aliphatic heterocycles. The summed E-state index contributed by atoms with van der Waals surface area (Å²) in [6.45, 7) is 2.01. The smallest absolute Gasteiger partial charge is 0.119 e. The molecule has 0 amide bonds. The van der Waals surface area contributed by atoms with Crippen LogP contribution in [0, 0.1) is 6.92 Å². The highest BCUT2D eigenvalue weighted by atomic mass is 35.5. The van der Waals surface area contributed by atoms with E-state index < -0.39 is 0 Å². The lowest BCUT2D eigenvalue weighted by Crippen LogP contribution is -1.76. The molecule has 1 aromatic heterocycles. The Morgan fingerprint density at radius 2 is 2.13 bits per heavy atom. The topological polar surface area (TPSA) is 0 Å². The molecule has 15 heavy (non-hydrogen) atoms. The third-order valence-electron chi connectivity index (χ3n) is 2.19. The molecule has 2 rings (SSSR count). The molecule has 1 aromatic rings. The van der Waals surface area contributed by atoms with Gasteiger partial charge in [0.2, 0.25) is 0 Å². The van der Waals surface area contributed by atoms with Crippen molar-refractivity contribution < 1.29 is 4.39 Å². The van der Waals surface area contributed by atoms with Gasteiger partial charge in [-0.1, -0.05) is 23.8 Å². The molecule has 0 unspecified atom stereocenters. The van der Waals surface area contributed by atoms with Crippen LogP contribution in [0.1, 0.15) is 16.9 Å². The van der Waals surface area contributed by atoms with Crippen LogP contribution in [0.5, 0.6) is 0 Å². The van der Waals surface area contributed by atoms with Gasteiger partial charge in [0.15, 0.2) is 0 Å². The van der Waals surface area contributed by atoms with Crippen LogP contribution in [0.25, 0.3) is 5.57 Å². The van der Waals surface area contributed by atoms with E-state index in [9.17, 15) is 4.39 Å². The summed E-state index contributed by atoms with van der Waals surface area (Å²) in [6, 6.07) is 2.03. The van der Waals surface area contributed by atoms with Crippen molar-refractivity contribution in [3.8, 4) is 0 Å². The minimum Gasteiger partial charge on any atom is -0.207 e. The van der Waals surface area contributed by atoms with Gasteiger partial charge in [-0.3, -0.25) is 0 Å². The lowest BCUT2D eigenvalue weighted by Gasteiger charge is -1.97. The third-order valence-corrected chi connectivity index (χ3v) is 3.47. The fraction of sp³-hybridized carbons (Fsp3) is 0.167. The van der Waals surface area contributed by atoms with Crippen molar-refractivity contribution in [2.75, 3.05) is 0 Å². The van der Waals surface area contributed by atoms with E-state index in [0.29, 0.717) is 6.42 Å². The lowest BCUT2D eigenvalue weighted by atomic mass is 10.1. The largest absolute Gasteiger partial charge is 0.207 e. The fourth-order valence-corrected chi connectivity index (χ4v) is 2.76. The van der Waals surface area contributed by atoms with Crippen molar-refractivity contribution in [1.29, 1.82) is 0 Å². The summed E-state index contributed by atoms with van der Waals surface area (Å²) >= 11 is 7.65. The molecular weight excluding hydrogens is 231 g/mol. The molecule has 1 aliphatic carbocycles. The number of halogens is 2. The van der Waals surface area contributed by atoms with Crippen LogP contribution < -0.4 is 0 Å². The molecule has 0 bridgehead atoms. The van der Waals surface area contributed by atoms with Gasteiger partial charge < -0.3 is 0 Å². The second-order valence-electron chi connectivity index (χ2n) is 3.36. The molecule has 0 saturated heterocycles. The third kappa shape index (κ3) is 2.39. The monoisotopic (exact) mass is 240 g/mol. The molecule has 0 atom stereocenters. The molecule has 1 heterocycles. The zero-order valence-corrected chi connectivity index (χ0v) is 9.83. The van der Waals surface area contributed by atoms with Crippen molar-refractivity contribution in [2.45, 2.75) is 13.3 Å². The van der Waals surface area contributed by atoms with Gasteiger partial charge in [-0.15, -0.1) is 11.3 Å². The summed E-state index contributed by atoms with van der Waals surface area (Å²) in [5.74, 6) is -0.190. The highest BCUT2D eigenvalue weighted by Gasteiger charge is 2.08. The number of rotatable bonds is 1. The van der Waals surface area contributed by atoms with Gasteiger partial charge in [0.1, 0.15) is 10.2 Å². The summed E-state index contributed by atoms with van der Waals surface area (Å²) < 4.78 is 13.7. The van der Waals surface area contributed by atoms with E-state index >= 15 is 0 Å². The number of allylic oxidation sites excluding steroid dienone is 6.